The van der Waals surface area contributed by atoms with Gasteiger partial charge in [-0.15, -0.1) is 11.3 Å². The molecule has 1 aromatic carbocycles. The lowest BCUT2D eigenvalue weighted by atomic mass is 10.1. The lowest BCUT2D eigenvalue weighted by Gasteiger charge is -2.10. The quantitative estimate of drug-likeness (QED) is 0.747. The highest BCUT2D eigenvalue weighted by Crippen LogP contribution is 2.37. The Balaban J connectivity index is 2.34. The summed E-state index contributed by atoms with van der Waals surface area (Å²) in [6.07, 6.45) is 0. The van der Waals surface area contributed by atoms with Gasteiger partial charge in [-0.05, 0) is 25.1 Å². The Hall–Kier alpha value is -0.870. The van der Waals surface area contributed by atoms with Gasteiger partial charge in [0.1, 0.15) is 11.6 Å². The van der Waals surface area contributed by atoms with E-state index in [4.69, 9.17) is 4.74 Å². The van der Waals surface area contributed by atoms with Gasteiger partial charge < -0.3 is 4.74 Å². The van der Waals surface area contributed by atoms with Crippen molar-refractivity contribution in [2.24, 2.45) is 0 Å². The van der Waals surface area contributed by atoms with Crippen LogP contribution in [0.1, 0.15) is 20.1 Å². The Kier molecular flexibility index (Phi) is 3.84. The van der Waals surface area contributed by atoms with Gasteiger partial charge in [0.15, 0.2) is 0 Å². The minimum atomic E-state index is -0.253. The summed E-state index contributed by atoms with van der Waals surface area (Å²) < 4.78 is 18.9. The molecule has 1 atom stereocenters. The van der Waals surface area contributed by atoms with E-state index in [0.717, 1.165) is 4.88 Å². The molecule has 1 nitrogen and oxygen atoms in total. The molecule has 0 aliphatic heterocycles. The van der Waals surface area contributed by atoms with Crippen molar-refractivity contribution in [1.82, 2.24) is 0 Å². The van der Waals surface area contributed by atoms with Gasteiger partial charge in [-0.25, -0.2) is 4.39 Å². The van der Waals surface area contributed by atoms with Crippen LogP contribution in [-0.2, 0) is 0 Å². The second-order valence-corrected chi connectivity index (χ2v) is 5.93. The van der Waals surface area contributed by atoms with Crippen molar-refractivity contribution in [1.29, 1.82) is 0 Å². The van der Waals surface area contributed by atoms with Gasteiger partial charge in [0.05, 0.1) is 11.9 Å². The number of halogens is 2. The number of hydrogen-bond acceptors (Lipinski definition) is 2. The third-order valence-corrected chi connectivity index (χ3v) is 4.85. The summed E-state index contributed by atoms with van der Waals surface area (Å²) in [6, 6.07) is 8.98. The van der Waals surface area contributed by atoms with Gasteiger partial charge in [0.25, 0.3) is 0 Å². The van der Waals surface area contributed by atoms with E-state index in [1.165, 1.54) is 18.1 Å². The zero-order valence-corrected chi connectivity index (χ0v) is 11.9. The molecule has 17 heavy (non-hydrogen) atoms. The molecule has 4 heteroatoms. The molecule has 1 aromatic heterocycles. The maximum Gasteiger partial charge on any atom is 0.131 e. The monoisotopic (exact) mass is 314 g/mol. The van der Waals surface area contributed by atoms with Gasteiger partial charge in [-0.2, -0.15) is 0 Å². The summed E-state index contributed by atoms with van der Waals surface area (Å²) in [4.78, 5) is 2.22. The average Bonchev–Trinajstić information content (AvgIpc) is 2.75. The molecule has 90 valence electrons. The van der Waals surface area contributed by atoms with Crippen molar-refractivity contribution >= 4 is 27.3 Å². The molecule has 0 amide bonds. The lowest BCUT2D eigenvalue weighted by Crippen LogP contribution is -1.95. The van der Waals surface area contributed by atoms with E-state index in [0.29, 0.717) is 11.3 Å². The number of alkyl halides is 1. The molecule has 0 fully saturated rings. The molecule has 1 unspecified atom stereocenters. The Labute approximate surface area is 112 Å². The van der Waals surface area contributed by atoms with Crippen molar-refractivity contribution in [2.45, 2.75) is 11.8 Å². The number of benzene rings is 1. The molecule has 0 saturated carbocycles. The first-order chi connectivity index (χ1) is 8.11. The molecule has 0 saturated heterocycles. The van der Waals surface area contributed by atoms with Crippen LogP contribution in [0, 0.1) is 12.7 Å². The minimum Gasteiger partial charge on any atom is -0.497 e. The van der Waals surface area contributed by atoms with Crippen LogP contribution >= 0.6 is 27.3 Å². The summed E-state index contributed by atoms with van der Waals surface area (Å²) in [6.45, 7) is 2.04. The van der Waals surface area contributed by atoms with Gasteiger partial charge in [0, 0.05) is 21.4 Å². The fourth-order valence-electron chi connectivity index (χ4n) is 1.58. The molecule has 0 aliphatic rings. The zero-order chi connectivity index (χ0) is 12.4. The number of methoxy groups -OCH3 is 1. The van der Waals surface area contributed by atoms with E-state index in [1.807, 2.05) is 19.1 Å². The largest absolute Gasteiger partial charge is 0.497 e. The topological polar surface area (TPSA) is 9.23 Å². The Bertz CT molecular complexity index is 524. The van der Waals surface area contributed by atoms with Crippen molar-refractivity contribution in [3.8, 4) is 5.75 Å². The minimum absolute atomic E-state index is 0.105. The number of aryl methyl sites for hydroxylation is 1. The number of ether oxygens (including phenoxy) is 1. The highest BCUT2D eigenvalue weighted by molar-refractivity contribution is 9.09. The Morgan fingerprint density at radius 1 is 1.29 bits per heavy atom. The summed E-state index contributed by atoms with van der Waals surface area (Å²) in [7, 11) is 1.53. The molecule has 0 spiro atoms. The zero-order valence-electron chi connectivity index (χ0n) is 9.54. The first kappa shape index (κ1) is 12.6. The SMILES string of the molecule is COc1ccc(C(Br)c2ccc(C)s2)c(F)c1. The summed E-state index contributed by atoms with van der Waals surface area (Å²) in [5.74, 6) is 0.283. The summed E-state index contributed by atoms with van der Waals surface area (Å²) >= 11 is 5.20. The van der Waals surface area contributed by atoms with Crippen LogP contribution < -0.4 is 4.74 Å². The maximum atomic E-state index is 13.9. The molecule has 1 heterocycles. The molecule has 2 rings (SSSR count). The highest BCUT2D eigenvalue weighted by atomic mass is 79.9. The second kappa shape index (κ2) is 5.19. The second-order valence-electron chi connectivity index (χ2n) is 3.70. The molecular formula is C13H12BrFOS. The number of thiophene rings is 1. The smallest absolute Gasteiger partial charge is 0.131 e. The number of rotatable bonds is 3. The molecule has 0 radical (unpaired) electrons. The average molecular weight is 315 g/mol. The van der Waals surface area contributed by atoms with Crippen molar-refractivity contribution in [3.05, 3.63) is 51.5 Å². The van der Waals surface area contributed by atoms with Crippen molar-refractivity contribution < 1.29 is 9.13 Å². The van der Waals surface area contributed by atoms with Crippen LogP contribution in [0.5, 0.6) is 5.75 Å². The van der Waals surface area contributed by atoms with Crippen LogP contribution in [-0.4, -0.2) is 7.11 Å². The van der Waals surface area contributed by atoms with E-state index in [1.54, 1.807) is 23.5 Å². The van der Waals surface area contributed by atoms with Crippen LogP contribution in [0.4, 0.5) is 4.39 Å². The lowest BCUT2D eigenvalue weighted by molar-refractivity contribution is 0.411. The normalized spacial score (nSPS) is 12.5. The van der Waals surface area contributed by atoms with Crippen molar-refractivity contribution in [3.63, 3.8) is 0 Å². The molecular weight excluding hydrogens is 303 g/mol. The standard InChI is InChI=1S/C13H12BrFOS/c1-8-3-6-12(17-8)13(14)10-5-4-9(16-2)7-11(10)15/h3-7,13H,1-2H3. The highest BCUT2D eigenvalue weighted by Gasteiger charge is 2.16. The predicted octanol–water partition coefficient (Wildman–Crippen LogP) is 4.69. The van der Waals surface area contributed by atoms with Gasteiger partial charge in [0.2, 0.25) is 0 Å². The van der Waals surface area contributed by atoms with E-state index >= 15 is 0 Å². The fraction of sp³-hybridized carbons (Fsp3) is 0.231. The maximum absolute atomic E-state index is 13.9. The molecule has 2 aromatic rings. The summed E-state index contributed by atoms with van der Waals surface area (Å²) in [5, 5.41) is 0. The van der Waals surface area contributed by atoms with E-state index in [9.17, 15) is 4.39 Å². The van der Waals surface area contributed by atoms with Gasteiger partial charge in [-0.3, -0.25) is 0 Å². The summed E-state index contributed by atoms with van der Waals surface area (Å²) in [5.41, 5.74) is 0.632. The first-order valence-electron chi connectivity index (χ1n) is 5.15. The Morgan fingerprint density at radius 3 is 2.59 bits per heavy atom. The van der Waals surface area contributed by atoms with E-state index in [2.05, 4.69) is 15.9 Å². The van der Waals surface area contributed by atoms with E-state index in [-0.39, 0.29) is 10.6 Å². The van der Waals surface area contributed by atoms with Crippen molar-refractivity contribution in [2.75, 3.05) is 7.11 Å². The Morgan fingerprint density at radius 2 is 2.06 bits per heavy atom. The van der Waals surface area contributed by atoms with Gasteiger partial charge in [-0.1, -0.05) is 22.0 Å². The number of hydrogen-bond donors (Lipinski definition) is 0. The first-order valence-corrected chi connectivity index (χ1v) is 6.89. The van der Waals surface area contributed by atoms with E-state index < -0.39 is 0 Å². The molecule has 0 aliphatic carbocycles. The van der Waals surface area contributed by atoms with Crippen LogP contribution in [0.2, 0.25) is 0 Å². The van der Waals surface area contributed by atoms with Crippen LogP contribution in [0.15, 0.2) is 30.3 Å². The predicted molar refractivity (Wildman–Crippen MR) is 72.8 cm³/mol. The third kappa shape index (κ3) is 2.69. The van der Waals surface area contributed by atoms with Crippen LogP contribution in [0.25, 0.3) is 0 Å². The van der Waals surface area contributed by atoms with Crippen LogP contribution in [0.3, 0.4) is 0 Å². The molecule has 0 bridgehead atoms. The van der Waals surface area contributed by atoms with Gasteiger partial charge >= 0.3 is 0 Å². The molecule has 0 N–H and O–H groups in total. The third-order valence-electron chi connectivity index (χ3n) is 2.49. The fourth-order valence-corrected chi connectivity index (χ4v) is 3.26.